The van der Waals surface area contributed by atoms with Crippen molar-refractivity contribution in [3.63, 3.8) is 0 Å². The maximum absolute atomic E-state index is 13.2. The van der Waals surface area contributed by atoms with Gasteiger partial charge < -0.3 is 9.68 Å². The molecule has 2 aliphatic carbocycles. The number of aromatic nitrogens is 2. The van der Waals surface area contributed by atoms with E-state index in [0.29, 0.717) is 30.8 Å². The third-order valence-electron chi connectivity index (χ3n) is 5.64. The van der Waals surface area contributed by atoms with Crippen molar-refractivity contribution in [1.82, 2.24) is 9.97 Å². The van der Waals surface area contributed by atoms with Crippen LogP contribution in [0.2, 0.25) is 0 Å². The van der Waals surface area contributed by atoms with Crippen molar-refractivity contribution in [2.75, 3.05) is 13.2 Å². The van der Waals surface area contributed by atoms with Crippen LogP contribution in [0, 0.1) is 0 Å². The van der Waals surface area contributed by atoms with Gasteiger partial charge >= 0.3 is 0 Å². The molecule has 0 aliphatic heterocycles. The second-order valence-corrected chi connectivity index (χ2v) is 7.66. The maximum atomic E-state index is 13.2. The fraction of sp³-hybridized carbons (Fsp3) is 0.478. The number of rotatable bonds is 8. The van der Waals surface area contributed by atoms with E-state index in [9.17, 15) is 8.78 Å². The van der Waals surface area contributed by atoms with E-state index in [2.05, 4.69) is 20.3 Å². The summed E-state index contributed by atoms with van der Waals surface area (Å²) in [7, 11) is 0. The Hall–Kier alpha value is -2.90. The normalized spacial score (nSPS) is 18.0. The zero-order chi connectivity index (χ0) is 21.5. The Bertz CT molecular complexity index is 901. The van der Waals surface area contributed by atoms with Gasteiger partial charge in [0.15, 0.2) is 0 Å². The first-order chi connectivity index (χ1) is 15.3. The number of hydrogen-bond acceptors (Lipinski definition) is 6. The van der Waals surface area contributed by atoms with Gasteiger partial charge in [-0.1, -0.05) is 10.3 Å². The van der Waals surface area contributed by atoms with Gasteiger partial charge in [0.25, 0.3) is 0 Å². The van der Waals surface area contributed by atoms with Gasteiger partial charge in [0.05, 0.1) is 11.4 Å². The van der Waals surface area contributed by atoms with E-state index in [1.165, 1.54) is 0 Å². The summed E-state index contributed by atoms with van der Waals surface area (Å²) in [5, 5.41) is 8.46. The smallest absolute Gasteiger partial charge is 0.120 e. The first kappa shape index (κ1) is 21.3. The molecule has 0 unspecified atom stereocenters. The molecule has 0 fully saturated rings. The molecule has 0 atom stereocenters. The van der Waals surface area contributed by atoms with Crippen molar-refractivity contribution < 1.29 is 18.5 Å². The fourth-order valence-corrected chi connectivity index (χ4v) is 4.09. The zero-order valence-electron chi connectivity index (χ0n) is 17.4. The van der Waals surface area contributed by atoms with Crippen molar-refractivity contribution in [3.8, 4) is 0 Å². The molecule has 0 radical (unpaired) electrons. The Balaban J connectivity index is 1.27. The van der Waals surface area contributed by atoms with Gasteiger partial charge in [-0.15, -0.1) is 0 Å². The van der Waals surface area contributed by atoms with Crippen molar-refractivity contribution in [2.45, 2.75) is 58.3 Å². The summed E-state index contributed by atoms with van der Waals surface area (Å²) in [5.41, 5.74) is 6.28. The average molecular weight is 428 g/mol. The molecule has 0 spiro atoms. The molecular weight excluding hydrogens is 402 g/mol. The summed E-state index contributed by atoms with van der Waals surface area (Å²) >= 11 is 0. The molecule has 2 aliphatic rings. The SMILES string of the molecule is FCc1ccnc2c1CCCC2=NOCCCON=C1CCCc2c(CF)ccnc21. The minimum atomic E-state index is -0.492. The standard InChI is InChI=1S/C23H26F2N4O2/c24-14-16-8-10-26-22-18(16)4-1-6-20(22)28-30-12-3-13-31-29-21-7-2-5-19-17(15-25)9-11-27-23(19)21/h8-11H,1-7,12-15H2. The molecule has 0 aromatic carbocycles. The summed E-state index contributed by atoms with van der Waals surface area (Å²) in [6.45, 7) is -0.220. The Labute approximate surface area is 180 Å². The van der Waals surface area contributed by atoms with Gasteiger partial charge in [0.1, 0.15) is 38.0 Å². The minimum Gasteiger partial charge on any atom is -0.395 e. The fourth-order valence-electron chi connectivity index (χ4n) is 4.09. The molecular formula is C23H26F2N4O2. The zero-order valence-corrected chi connectivity index (χ0v) is 17.4. The van der Waals surface area contributed by atoms with Crippen LogP contribution in [0.3, 0.4) is 0 Å². The van der Waals surface area contributed by atoms with Crippen LogP contribution in [0.15, 0.2) is 34.8 Å². The first-order valence-corrected chi connectivity index (χ1v) is 10.8. The van der Waals surface area contributed by atoms with Gasteiger partial charge in [-0.25, -0.2) is 8.78 Å². The Morgan fingerprint density at radius 1 is 0.742 bits per heavy atom. The number of nitrogens with zero attached hydrogens (tertiary/aromatic N) is 4. The Morgan fingerprint density at radius 2 is 1.23 bits per heavy atom. The number of fused-ring (bicyclic) bond motifs is 2. The summed E-state index contributed by atoms with van der Waals surface area (Å²) < 4.78 is 26.4. The Morgan fingerprint density at radius 3 is 1.68 bits per heavy atom. The van der Waals surface area contributed by atoms with Crippen LogP contribution in [0.4, 0.5) is 8.78 Å². The molecule has 6 nitrogen and oxygen atoms in total. The van der Waals surface area contributed by atoms with E-state index in [1.807, 2.05) is 0 Å². The molecule has 2 aromatic heterocycles. The molecule has 2 heterocycles. The quantitative estimate of drug-likeness (QED) is 0.454. The van der Waals surface area contributed by atoms with Gasteiger partial charge in [-0.2, -0.15) is 0 Å². The van der Waals surface area contributed by atoms with Crippen LogP contribution in [0.25, 0.3) is 0 Å². The van der Waals surface area contributed by atoms with Crippen LogP contribution in [0.5, 0.6) is 0 Å². The predicted octanol–water partition coefficient (Wildman–Crippen LogP) is 4.62. The van der Waals surface area contributed by atoms with Crippen LogP contribution < -0.4 is 0 Å². The number of halogens is 2. The van der Waals surface area contributed by atoms with Crippen LogP contribution >= 0.6 is 0 Å². The lowest BCUT2D eigenvalue weighted by atomic mass is 9.91. The second kappa shape index (κ2) is 10.4. The van der Waals surface area contributed by atoms with Gasteiger partial charge in [-0.05, 0) is 72.9 Å². The molecule has 0 saturated carbocycles. The summed E-state index contributed by atoms with van der Waals surface area (Å²) in [4.78, 5) is 19.6. The Kier molecular flexibility index (Phi) is 7.17. The molecule has 164 valence electrons. The van der Waals surface area contributed by atoms with Gasteiger partial charge in [0.2, 0.25) is 0 Å². The largest absolute Gasteiger partial charge is 0.395 e. The van der Waals surface area contributed by atoms with Crippen molar-refractivity contribution >= 4 is 11.4 Å². The first-order valence-electron chi connectivity index (χ1n) is 10.8. The average Bonchev–Trinajstić information content (AvgIpc) is 2.82. The molecule has 0 saturated heterocycles. The number of alkyl halides is 2. The lowest BCUT2D eigenvalue weighted by Crippen LogP contribution is -2.17. The lowest BCUT2D eigenvalue weighted by Gasteiger charge is -2.18. The highest BCUT2D eigenvalue weighted by Crippen LogP contribution is 2.25. The van der Waals surface area contributed by atoms with E-state index in [-0.39, 0.29) is 0 Å². The highest BCUT2D eigenvalue weighted by Gasteiger charge is 2.21. The molecule has 2 aromatic rings. The number of oxime groups is 2. The topological polar surface area (TPSA) is 69.0 Å². The second-order valence-electron chi connectivity index (χ2n) is 7.66. The highest BCUT2D eigenvalue weighted by atomic mass is 19.1. The summed E-state index contributed by atoms with van der Waals surface area (Å²) in [6, 6.07) is 3.44. The van der Waals surface area contributed by atoms with Crippen molar-refractivity contribution in [1.29, 1.82) is 0 Å². The lowest BCUT2D eigenvalue weighted by molar-refractivity contribution is 0.0894. The molecule has 0 amide bonds. The molecule has 0 bridgehead atoms. The van der Waals surface area contributed by atoms with Crippen molar-refractivity contribution in [2.24, 2.45) is 10.3 Å². The number of pyridine rings is 2. The van der Waals surface area contributed by atoms with Crippen molar-refractivity contribution in [3.05, 3.63) is 58.2 Å². The monoisotopic (exact) mass is 428 g/mol. The maximum Gasteiger partial charge on any atom is 0.120 e. The molecule has 31 heavy (non-hydrogen) atoms. The van der Waals surface area contributed by atoms with E-state index in [0.717, 1.165) is 72.5 Å². The van der Waals surface area contributed by atoms with E-state index in [4.69, 9.17) is 9.68 Å². The van der Waals surface area contributed by atoms with E-state index in [1.54, 1.807) is 24.5 Å². The van der Waals surface area contributed by atoms with E-state index < -0.39 is 13.3 Å². The summed E-state index contributed by atoms with van der Waals surface area (Å²) in [6.07, 6.45) is 8.86. The number of hydrogen-bond donors (Lipinski definition) is 0. The third-order valence-corrected chi connectivity index (χ3v) is 5.64. The van der Waals surface area contributed by atoms with Gasteiger partial charge in [0, 0.05) is 18.8 Å². The predicted molar refractivity (Wildman–Crippen MR) is 114 cm³/mol. The molecule has 0 N–H and O–H groups in total. The third kappa shape index (κ3) is 4.89. The van der Waals surface area contributed by atoms with Crippen LogP contribution in [-0.4, -0.2) is 34.6 Å². The van der Waals surface area contributed by atoms with Gasteiger partial charge in [-0.3, -0.25) is 9.97 Å². The molecule has 8 heteroatoms. The van der Waals surface area contributed by atoms with Crippen LogP contribution in [-0.2, 0) is 35.9 Å². The molecule has 4 rings (SSSR count). The summed E-state index contributed by atoms with van der Waals surface area (Å²) in [5.74, 6) is 0. The van der Waals surface area contributed by atoms with E-state index >= 15 is 0 Å². The van der Waals surface area contributed by atoms with Crippen LogP contribution in [0.1, 0.15) is 65.7 Å². The minimum absolute atomic E-state index is 0.382. The highest BCUT2D eigenvalue weighted by molar-refractivity contribution is 6.01.